The van der Waals surface area contributed by atoms with Crippen LogP contribution < -0.4 is 0 Å². The number of pyridine rings is 1. The molecular formula is C9H12ClNO2. The van der Waals surface area contributed by atoms with E-state index < -0.39 is 5.97 Å². The van der Waals surface area contributed by atoms with Crippen molar-refractivity contribution in [3.63, 3.8) is 0 Å². The molecular weight excluding hydrogens is 190 g/mol. The first-order chi connectivity index (χ1) is 5.79. The van der Waals surface area contributed by atoms with Crippen molar-refractivity contribution in [3.8, 4) is 0 Å². The second kappa shape index (κ2) is 6.43. The van der Waals surface area contributed by atoms with E-state index in [0.29, 0.717) is 6.42 Å². The van der Waals surface area contributed by atoms with Crippen LogP contribution in [-0.4, -0.2) is 16.1 Å². The molecule has 0 saturated heterocycles. The predicted octanol–water partition coefficient (Wildman–Crippen LogP) is 1.91. The van der Waals surface area contributed by atoms with Gasteiger partial charge in [-0.1, -0.05) is 6.07 Å². The van der Waals surface area contributed by atoms with Crippen LogP contribution in [-0.2, 0) is 11.2 Å². The molecule has 0 atom stereocenters. The lowest BCUT2D eigenvalue weighted by Crippen LogP contribution is -1.96. The summed E-state index contributed by atoms with van der Waals surface area (Å²) < 4.78 is 0. The number of carboxylic acids is 1. The number of halogens is 1. The van der Waals surface area contributed by atoms with Crippen molar-refractivity contribution in [2.24, 2.45) is 0 Å². The molecule has 0 amide bonds. The predicted molar refractivity (Wildman–Crippen MR) is 52.1 cm³/mol. The number of aliphatic carboxylic acids is 1. The maximum atomic E-state index is 10.2. The Bertz CT molecular complexity index is 251. The van der Waals surface area contributed by atoms with Gasteiger partial charge >= 0.3 is 5.97 Å². The van der Waals surface area contributed by atoms with Crippen LogP contribution in [0.15, 0.2) is 24.4 Å². The van der Waals surface area contributed by atoms with Crippen molar-refractivity contribution in [1.29, 1.82) is 0 Å². The Morgan fingerprint density at radius 1 is 1.46 bits per heavy atom. The van der Waals surface area contributed by atoms with Gasteiger partial charge in [0.25, 0.3) is 0 Å². The Labute approximate surface area is 83.2 Å². The quantitative estimate of drug-likeness (QED) is 0.810. The maximum absolute atomic E-state index is 10.2. The third-order valence-corrected chi connectivity index (χ3v) is 1.55. The second-order valence-electron chi connectivity index (χ2n) is 2.57. The van der Waals surface area contributed by atoms with Crippen LogP contribution in [0.25, 0.3) is 0 Å². The average Bonchev–Trinajstić information content (AvgIpc) is 2.05. The lowest BCUT2D eigenvalue weighted by molar-refractivity contribution is -0.137. The van der Waals surface area contributed by atoms with Gasteiger partial charge in [-0.25, -0.2) is 0 Å². The highest BCUT2D eigenvalue weighted by molar-refractivity contribution is 5.85. The van der Waals surface area contributed by atoms with Gasteiger partial charge in [-0.05, 0) is 25.0 Å². The lowest BCUT2D eigenvalue weighted by atomic mass is 10.2. The highest BCUT2D eigenvalue weighted by atomic mass is 35.5. The highest BCUT2D eigenvalue weighted by Gasteiger charge is 1.97. The molecule has 0 fully saturated rings. The highest BCUT2D eigenvalue weighted by Crippen LogP contribution is 2.00. The zero-order valence-electron chi connectivity index (χ0n) is 7.14. The molecule has 4 heteroatoms. The molecule has 0 aliphatic heterocycles. The van der Waals surface area contributed by atoms with Gasteiger partial charge in [-0.15, -0.1) is 12.4 Å². The number of hydrogen-bond acceptors (Lipinski definition) is 2. The summed E-state index contributed by atoms with van der Waals surface area (Å²) in [5.74, 6) is -0.745. The minimum atomic E-state index is -0.745. The van der Waals surface area contributed by atoms with E-state index in [2.05, 4.69) is 4.98 Å². The zero-order valence-corrected chi connectivity index (χ0v) is 7.96. The first-order valence-corrected chi connectivity index (χ1v) is 3.91. The second-order valence-corrected chi connectivity index (χ2v) is 2.57. The van der Waals surface area contributed by atoms with Crippen LogP contribution in [0.4, 0.5) is 0 Å². The first kappa shape index (κ1) is 11.9. The van der Waals surface area contributed by atoms with Gasteiger partial charge in [0.05, 0.1) is 0 Å². The summed E-state index contributed by atoms with van der Waals surface area (Å²) >= 11 is 0. The van der Waals surface area contributed by atoms with Gasteiger partial charge in [0, 0.05) is 18.3 Å². The van der Waals surface area contributed by atoms with Gasteiger partial charge in [-0.3, -0.25) is 9.78 Å². The molecule has 1 aromatic heterocycles. The smallest absolute Gasteiger partial charge is 0.303 e. The molecule has 0 aliphatic carbocycles. The molecule has 0 radical (unpaired) electrons. The molecule has 3 nitrogen and oxygen atoms in total. The Kier molecular flexibility index (Phi) is 5.89. The number of nitrogens with zero attached hydrogens (tertiary/aromatic N) is 1. The topological polar surface area (TPSA) is 50.2 Å². The molecule has 0 aliphatic rings. The Morgan fingerprint density at radius 2 is 2.23 bits per heavy atom. The molecule has 0 bridgehead atoms. The molecule has 0 aromatic carbocycles. The largest absolute Gasteiger partial charge is 0.481 e. The molecule has 0 spiro atoms. The third kappa shape index (κ3) is 5.20. The molecule has 1 rings (SSSR count). The van der Waals surface area contributed by atoms with E-state index in [4.69, 9.17) is 5.11 Å². The number of rotatable bonds is 4. The summed E-state index contributed by atoms with van der Waals surface area (Å²) in [6, 6.07) is 5.66. The van der Waals surface area contributed by atoms with Crippen molar-refractivity contribution >= 4 is 18.4 Å². The number of carbonyl (C=O) groups is 1. The van der Waals surface area contributed by atoms with Crippen LogP contribution in [0.1, 0.15) is 18.5 Å². The fourth-order valence-corrected chi connectivity index (χ4v) is 0.967. The lowest BCUT2D eigenvalue weighted by Gasteiger charge is -1.96. The van der Waals surface area contributed by atoms with Gasteiger partial charge in [0.2, 0.25) is 0 Å². The fourth-order valence-electron chi connectivity index (χ4n) is 0.967. The van der Waals surface area contributed by atoms with Crippen LogP contribution in [0.5, 0.6) is 0 Å². The van der Waals surface area contributed by atoms with Crippen LogP contribution >= 0.6 is 12.4 Å². The monoisotopic (exact) mass is 201 g/mol. The number of hydrogen-bond donors (Lipinski definition) is 1. The Hall–Kier alpha value is -1.09. The summed E-state index contributed by atoms with van der Waals surface area (Å²) in [5.41, 5.74) is 0.957. The van der Waals surface area contributed by atoms with Crippen LogP contribution in [0, 0.1) is 0 Å². The zero-order chi connectivity index (χ0) is 8.81. The minimum absolute atomic E-state index is 0. The first-order valence-electron chi connectivity index (χ1n) is 3.91. The summed E-state index contributed by atoms with van der Waals surface area (Å²) in [7, 11) is 0. The Balaban J connectivity index is 0.00000144. The SMILES string of the molecule is Cl.O=C(O)CCCc1ccccn1. The minimum Gasteiger partial charge on any atom is -0.481 e. The van der Waals surface area contributed by atoms with E-state index in [0.717, 1.165) is 12.1 Å². The standard InChI is InChI=1S/C9H11NO2.ClH/c11-9(12)6-3-5-8-4-1-2-7-10-8;/h1-2,4,7H,3,5-6H2,(H,11,12);1H. The Morgan fingerprint density at radius 3 is 2.77 bits per heavy atom. The van der Waals surface area contributed by atoms with E-state index in [-0.39, 0.29) is 18.8 Å². The van der Waals surface area contributed by atoms with Gasteiger partial charge in [0.15, 0.2) is 0 Å². The number of aryl methyl sites for hydroxylation is 1. The van der Waals surface area contributed by atoms with Crippen molar-refractivity contribution < 1.29 is 9.90 Å². The van der Waals surface area contributed by atoms with E-state index >= 15 is 0 Å². The van der Waals surface area contributed by atoms with Crippen LogP contribution in [0.2, 0.25) is 0 Å². The van der Waals surface area contributed by atoms with Crippen molar-refractivity contribution in [3.05, 3.63) is 30.1 Å². The van der Waals surface area contributed by atoms with Gasteiger partial charge in [0.1, 0.15) is 0 Å². The van der Waals surface area contributed by atoms with Crippen molar-refractivity contribution in [2.45, 2.75) is 19.3 Å². The summed E-state index contributed by atoms with van der Waals surface area (Å²) in [6.45, 7) is 0. The molecule has 1 N–H and O–H groups in total. The van der Waals surface area contributed by atoms with Gasteiger partial charge in [-0.2, -0.15) is 0 Å². The summed E-state index contributed by atoms with van der Waals surface area (Å²) in [5, 5.41) is 8.37. The van der Waals surface area contributed by atoms with E-state index in [1.165, 1.54) is 0 Å². The maximum Gasteiger partial charge on any atom is 0.303 e. The number of carboxylic acid groups (broad SMARTS) is 1. The number of aromatic nitrogens is 1. The fraction of sp³-hybridized carbons (Fsp3) is 0.333. The molecule has 1 aromatic rings. The van der Waals surface area contributed by atoms with Crippen molar-refractivity contribution in [2.75, 3.05) is 0 Å². The summed E-state index contributed by atoms with van der Waals surface area (Å²) in [4.78, 5) is 14.3. The van der Waals surface area contributed by atoms with Crippen LogP contribution in [0.3, 0.4) is 0 Å². The molecule has 72 valence electrons. The van der Waals surface area contributed by atoms with Crippen molar-refractivity contribution in [1.82, 2.24) is 4.98 Å². The summed E-state index contributed by atoms with van der Waals surface area (Å²) in [6.07, 6.45) is 3.34. The molecule has 0 unspecified atom stereocenters. The van der Waals surface area contributed by atoms with Gasteiger partial charge < -0.3 is 5.11 Å². The van der Waals surface area contributed by atoms with E-state index in [1.54, 1.807) is 6.20 Å². The molecule has 0 saturated carbocycles. The molecule has 13 heavy (non-hydrogen) atoms. The van der Waals surface area contributed by atoms with E-state index in [9.17, 15) is 4.79 Å². The molecule has 1 heterocycles. The normalized spacial score (nSPS) is 8.92. The average molecular weight is 202 g/mol. The van der Waals surface area contributed by atoms with E-state index in [1.807, 2.05) is 18.2 Å². The third-order valence-electron chi connectivity index (χ3n) is 1.55.